The zero-order chi connectivity index (χ0) is 13.8. The lowest BCUT2D eigenvalue weighted by Gasteiger charge is -2.30. The summed E-state index contributed by atoms with van der Waals surface area (Å²) in [6.45, 7) is 2.25. The third-order valence-corrected chi connectivity index (χ3v) is 4.30. The summed E-state index contributed by atoms with van der Waals surface area (Å²) in [5.74, 6) is -0.664. The van der Waals surface area contributed by atoms with Gasteiger partial charge >= 0.3 is 5.97 Å². The lowest BCUT2D eigenvalue weighted by molar-refractivity contribution is -0.145. The molecule has 0 aromatic heterocycles. The van der Waals surface area contributed by atoms with E-state index in [0.717, 1.165) is 39.0 Å². The Morgan fingerprint density at radius 2 is 2.00 bits per heavy atom. The first-order valence-corrected chi connectivity index (χ1v) is 7.13. The molecule has 0 spiro atoms. The number of hydrogen-bond donors (Lipinski definition) is 1. The third-order valence-electron chi connectivity index (χ3n) is 4.30. The van der Waals surface area contributed by atoms with Crippen LogP contribution in [0.3, 0.4) is 0 Å². The first-order chi connectivity index (χ1) is 9.08. The topological polar surface area (TPSA) is 66.8 Å². The van der Waals surface area contributed by atoms with Crippen LogP contribution >= 0.6 is 0 Å². The van der Waals surface area contributed by atoms with Crippen LogP contribution in [0.4, 0.5) is 0 Å². The van der Waals surface area contributed by atoms with Crippen molar-refractivity contribution in [2.24, 2.45) is 17.8 Å². The molecule has 1 saturated carbocycles. The number of hydrogen-bond acceptors (Lipinski definition) is 3. The molecule has 5 heteroatoms. The van der Waals surface area contributed by atoms with E-state index in [0.29, 0.717) is 18.8 Å². The van der Waals surface area contributed by atoms with Crippen LogP contribution in [0.1, 0.15) is 32.1 Å². The maximum absolute atomic E-state index is 12.3. The van der Waals surface area contributed by atoms with Crippen LogP contribution in [0.5, 0.6) is 0 Å². The third kappa shape index (κ3) is 3.69. The number of carbonyl (C=O) groups excluding carboxylic acids is 1. The monoisotopic (exact) mass is 269 g/mol. The van der Waals surface area contributed by atoms with Crippen LogP contribution in [0.25, 0.3) is 0 Å². The van der Waals surface area contributed by atoms with Gasteiger partial charge in [-0.15, -0.1) is 0 Å². The molecule has 2 rings (SSSR count). The van der Waals surface area contributed by atoms with E-state index in [2.05, 4.69) is 0 Å². The minimum atomic E-state index is -0.760. The van der Waals surface area contributed by atoms with Gasteiger partial charge in [0.2, 0.25) is 5.91 Å². The molecule has 0 radical (unpaired) electrons. The summed E-state index contributed by atoms with van der Waals surface area (Å²) in [5.41, 5.74) is 0. The van der Waals surface area contributed by atoms with Crippen LogP contribution in [-0.4, -0.2) is 48.7 Å². The van der Waals surface area contributed by atoms with Gasteiger partial charge in [0.25, 0.3) is 0 Å². The number of carboxylic acids is 1. The first kappa shape index (κ1) is 14.3. The number of carboxylic acid groups (broad SMARTS) is 1. The first-order valence-electron chi connectivity index (χ1n) is 7.13. The van der Waals surface area contributed by atoms with E-state index in [1.54, 1.807) is 4.90 Å². The van der Waals surface area contributed by atoms with Crippen molar-refractivity contribution < 1.29 is 19.4 Å². The second-order valence-corrected chi connectivity index (χ2v) is 5.85. The zero-order valence-electron chi connectivity index (χ0n) is 11.5. The van der Waals surface area contributed by atoms with Crippen molar-refractivity contribution >= 4 is 11.9 Å². The SMILES string of the molecule is CN(CC1CCOC1)C(=O)C1CCCC(C(=O)O)C1. The molecule has 5 nitrogen and oxygen atoms in total. The molecular formula is C14H23NO4. The molecule has 1 N–H and O–H groups in total. The van der Waals surface area contributed by atoms with Crippen molar-refractivity contribution in [2.75, 3.05) is 26.8 Å². The van der Waals surface area contributed by atoms with Crippen molar-refractivity contribution in [1.82, 2.24) is 4.90 Å². The Hall–Kier alpha value is -1.10. The molecule has 2 aliphatic rings. The summed E-state index contributed by atoms with van der Waals surface area (Å²) in [5, 5.41) is 9.06. The summed E-state index contributed by atoms with van der Waals surface area (Å²) in [6.07, 6.45) is 3.89. The normalized spacial score (nSPS) is 31.1. The second-order valence-electron chi connectivity index (χ2n) is 5.85. The van der Waals surface area contributed by atoms with Gasteiger partial charge in [-0.3, -0.25) is 9.59 Å². The van der Waals surface area contributed by atoms with Gasteiger partial charge in [-0.2, -0.15) is 0 Å². The maximum atomic E-state index is 12.3. The average molecular weight is 269 g/mol. The molecule has 1 amide bonds. The van der Waals surface area contributed by atoms with Crippen LogP contribution in [0.2, 0.25) is 0 Å². The number of ether oxygens (including phenoxy) is 1. The highest BCUT2D eigenvalue weighted by Crippen LogP contribution is 2.30. The molecular weight excluding hydrogens is 246 g/mol. The Morgan fingerprint density at radius 1 is 1.26 bits per heavy atom. The van der Waals surface area contributed by atoms with Crippen LogP contribution in [-0.2, 0) is 14.3 Å². The second kappa shape index (κ2) is 6.37. The summed E-state index contributed by atoms with van der Waals surface area (Å²) >= 11 is 0. The molecule has 3 atom stereocenters. The number of rotatable bonds is 4. The van der Waals surface area contributed by atoms with E-state index < -0.39 is 5.97 Å². The molecule has 3 unspecified atom stereocenters. The molecule has 0 aromatic carbocycles. The van der Waals surface area contributed by atoms with Gasteiger partial charge in [0.05, 0.1) is 12.5 Å². The minimum Gasteiger partial charge on any atom is -0.481 e. The number of amides is 1. The maximum Gasteiger partial charge on any atom is 0.306 e. The van der Waals surface area contributed by atoms with E-state index in [1.807, 2.05) is 7.05 Å². The number of aliphatic carboxylic acids is 1. The van der Waals surface area contributed by atoms with Gasteiger partial charge in [-0.05, 0) is 25.7 Å². The molecule has 0 aromatic rings. The Bertz CT molecular complexity index is 338. The number of nitrogens with zero attached hydrogens (tertiary/aromatic N) is 1. The van der Waals surface area contributed by atoms with E-state index in [4.69, 9.17) is 9.84 Å². The van der Waals surface area contributed by atoms with E-state index in [9.17, 15) is 9.59 Å². The summed E-state index contributed by atoms with van der Waals surface area (Å²) in [4.78, 5) is 25.1. The van der Waals surface area contributed by atoms with Crippen LogP contribution in [0, 0.1) is 17.8 Å². The summed E-state index contributed by atoms with van der Waals surface area (Å²) in [6, 6.07) is 0. The highest BCUT2D eigenvalue weighted by molar-refractivity contribution is 5.80. The molecule has 1 aliphatic heterocycles. The van der Waals surface area contributed by atoms with Crippen molar-refractivity contribution in [3.05, 3.63) is 0 Å². The fourth-order valence-corrected chi connectivity index (χ4v) is 3.15. The molecule has 19 heavy (non-hydrogen) atoms. The van der Waals surface area contributed by atoms with Crippen LogP contribution < -0.4 is 0 Å². The molecule has 1 heterocycles. The van der Waals surface area contributed by atoms with Crippen LogP contribution in [0.15, 0.2) is 0 Å². The fourth-order valence-electron chi connectivity index (χ4n) is 3.15. The van der Waals surface area contributed by atoms with Gasteiger partial charge in [0, 0.05) is 32.0 Å². The predicted molar refractivity (Wildman–Crippen MR) is 69.6 cm³/mol. The van der Waals surface area contributed by atoms with Crippen molar-refractivity contribution in [2.45, 2.75) is 32.1 Å². The molecule has 2 fully saturated rings. The van der Waals surface area contributed by atoms with Gasteiger partial charge < -0.3 is 14.7 Å². The van der Waals surface area contributed by atoms with Gasteiger partial charge in [-0.25, -0.2) is 0 Å². The quantitative estimate of drug-likeness (QED) is 0.837. The largest absolute Gasteiger partial charge is 0.481 e. The highest BCUT2D eigenvalue weighted by atomic mass is 16.5. The summed E-state index contributed by atoms with van der Waals surface area (Å²) < 4.78 is 5.32. The fraction of sp³-hybridized carbons (Fsp3) is 0.857. The van der Waals surface area contributed by atoms with Gasteiger partial charge in [0.1, 0.15) is 0 Å². The lowest BCUT2D eigenvalue weighted by Crippen LogP contribution is -2.39. The standard InChI is InChI=1S/C14H23NO4/c1-15(8-10-5-6-19-9-10)13(16)11-3-2-4-12(7-11)14(17)18/h10-12H,2-9H2,1H3,(H,17,18). The Kier molecular flexibility index (Phi) is 4.80. The molecule has 1 aliphatic carbocycles. The van der Waals surface area contributed by atoms with E-state index in [1.165, 1.54) is 0 Å². The smallest absolute Gasteiger partial charge is 0.306 e. The number of carbonyl (C=O) groups is 2. The van der Waals surface area contributed by atoms with E-state index >= 15 is 0 Å². The van der Waals surface area contributed by atoms with Crippen molar-refractivity contribution in [3.63, 3.8) is 0 Å². The average Bonchev–Trinajstić information content (AvgIpc) is 2.90. The van der Waals surface area contributed by atoms with Gasteiger partial charge in [-0.1, -0.05) is 6.42 Å². The lowest BCUT2D eigenvalue weighted by atomic mass is 9.80. The van der Waals surface area contributed by atoms with E-state index in [-0.39, 0.29) is 17.7 Å². The van der Waals surface area contributed by atoms with Crippen molar-refractivity contribution in [1.29, 1.82) is 0 Å². The molecule has 1 saturated heterocycles. The molecule has 108 valence electrons. The van der Waals surface area contributed by atoms with Crippen molar-refractivity contribution in [3.8, 4) is 0 Å². The minimum absolute atomic E-state index is 0.109. The predicted octanol–water partition coefficient (Wildman–Crippen LogP) is 1.37. The molecule has 0 bridgehead atoms. The Labute approximate surface area is 113 Å². The Morgan fingerprint density at radius 3 is 2.63 bits per heavy atom. The summed E-state index contributed by atoms with van der Waals surface area (Å²) in [7, 11) is 1.82. The zero-order valence-corrected chi connectivity index (χ0v) is 11.5. The van der Waals surface area contributed by atoms with Gasteiger partial charge in [0.15, 0.2) is 0 Å². The highest BCUT2D eigenvalue weighted by Gasteiger charge is 2.33. The Balaban J connectivity index is 1.85.